The molecule has 1 aliphatic rings. The molecule has 0 saturated heterocycles. The lowest BCUT2D eigenvalue weighted by Gasteiger charge is -2.30. The second-order valence-corrected chi connectivity index (χ2v) is 6.86. The van der Waals surface area contributed by atoms with Crippen LogP contribution in [0.4, 0.5) is 0 Å². The predicted octanol–water partition coefficient (Wildman–Crippen LogP) is 2.05. The van der Waals surface area contributed by atoms with Gasteiger partial charge in [0.2, 0.25) is 5.91 Å². The Morgan fingerprint density at radius 2 is 1.74 bits per heavy atom. The van der Waals surface area contributed by atoms with Crippen LogP contribution in [-0.4, -0.2) is 28.9 Å². The van der Waals surface area contributed by atoms with Crippen LogP contribution in [0.3, 0.4) is 0 Å². The molecular formula is C15H27NO3. The zero-order valence-electron chi connectivity index (χ0n) is 12.5. The highest BCUT2D eigenvalue weighted by Gasteiger charge is 2.31. The van der Waals surface area contributed by atoms with Crippen molar-refractivity contribution in [3.63, 3.8) is 0 Å². The Morgan fingerprint density at radius 1 is 1.21 bits per heavy atom. The summed E-state index contributed by atoms with van der Waals surface area (Å²) in [5, 5.41) is 12.3. The molecule has 1 fully saturated rings. The van der Waals surface area contributed by atoms with Gasteiger partial charge in [-0.15, -0.1) is 0 Å². The van der Waals surface area contributed by atoms with Crippen LogP contribution < -0.4 is 5.32 Å². The Hall–Kier alpha value is -0.900. The van der Waals surface area contributed by atoms with Gasteiger partial charge in [-0.2, -0.15) is 0 Å². The van der Waals surface area contributed by atoms with E-state index in [-0.39, 0.29) is 23.2 Å². The molecule has 0 bridgehead atoms. The summed E-state index contributed by atoms with van der Waals surface area (Å²) in [7, 11) is 0. The first-order valence-electron chi connectivity index (χ1n) is 7.18. The van der Waals surface area contributed by atoms with Gasteiger partial charge in [-0.25, -0.2) is 0 Å². The SMILES string of the molecule is CC(=O)[C@@H](NC(=O)CC1CCC(O)CC1)C(C)(C)C. The number of Topliss-reactive ketones (excluding diaryl/α,β-unsaturated/α-hetero) is 1. The Labute approximate surface area is 116 Å². The monoisotopic (exact) mass is 269 g/mol. The molecule has 1 aliphatic carbocycles. The van der Waals surface area contributed by atoms with Crippen LogP contribution in [0.1, 0.15) is 59.8 Å². The number of carbonyl (C=O) groups excluding carboxylic acids is 2. The van der Waals surface area contributed by atoms with Crippen molar-refractivity contribution in [3.8, 4) is 0 Å². The number of rotatable bonds is 4. The largest absolute Gasteiger partial charge is 0.393 e. The van der Waals surface area contributed by atoms with Gasteiger partial charge in [0, 0.05) is 6.42 Å². The van der Waals surface area contributed by atoms with Crippen molar-refractivity contribution in [1.29, 1.82) is 0 Å². The van der Waals surface area contributed by atoms with E-state index >= 15 is 0 Å². The van der Waals surface area contributed by atoms with Crippen molar-refractivity contribution in [3.05, 3.63) is 0 Å². The van der Waals surface area contributed by atoms with Crippen LogP contribution in [0.25, 0.3) is 0 Å². The molecule has 0 unspecified atom stereocenters. The predicted molar refractivity (Wildman–Crippen MR) is 74.6 cm³/mol. The van der Waals surface area contributed by atoms with Gasteiger partial charge in [-0.1, -0.05) is 20.8 Å². The lowest BCUT2D eigenvalue weighted by Crippen LogP contribution is -2.48. The molecule has 4 heteroatoms. The molecule has 4 nitrogen and oxygen atoms in total. The summed E-state index contributed by atoms with van der Waals surface area (Å²) in [6.07, 6.45) is 3.63. The number of carbonyl (C=O) groups is 2. The minimum absolute atomic E-state index is 0.0000774. The maximum Gasteiger partial charge on any atom is 0.220 e. The van der Waals surface area contributed by atoms with E-state index in [9.17, 15) is 14.7 Å². The summed E-state index contributed by atoms with van der Waals surface area (Å²) in [6.45, 7) is 7.39. The van der Waals surface area contributed by atoms with Crippen molar-refractivity contribution >= 4 is 11.7 Å². The number of hydrogen-bond donors (Lipinski definition) is 2. The Bertz CT molecular complexity index is 325. The fourth-order valence-corrected chi connectivity index (χ4v) is 2.76. The summed E-state index contributed by atoms with van der Waals surface area (Å²) in [5.41, 5.74) is -0.260. The fourth-order valence-electron chi connectivity index (χ4n) is 2.76. The van der Waals surface area contributed by atoms with E-state index in [1.165, 1.54) is 6.92 Å². The van der Waals surface area contributed by atoms with E-state index in [1.807, 2.05) is 20.8 Å². The van der Waals surface area contributed by atoms with Gasteiger partial charge in [0.25, 0.3) is 0 Å². The smallest absolute Gasteiger partial charge is 0.220 e. The number of amides is 1. The molecule has 1 saturated carbocycles. The van der Waals surface area contributed by atoms with Crippen molar-refractivity contribution in [2.24, 2.45) is 11.3 Å². The van der Waals surface area contributed by atoms with Crippen molar-refractivity contribution < 1.29 is 14.7 Å². The topological polar surface area (TPSA) is 66.4 Å². The summed E-state index contributed by atoms with van der Waals surface area (Å²) >= 11 is 0. The highest BCUT2D eigenvalue weighted by atomic mass is 16.3. The van der Waals surface area contributed by atoms with Crippen LogP contribution in [0.2, 0.25) is 0 Å². The molecule has 1 rings (SSSR count). The molecule has 0 aromatic rings. The summed E-state index contributed by atoms with van der Waals surface area (Å²) in [4.78, 5) is 23.6. The van der Waals surface area contributed by atoms with E-state index in [4.69, 9.17) is 0 Å². The van der Waals surface area contributed by atoms with E-state index in [2.05, 4.69) is 5.32 Å². The molecule has 0 radical (unpaired) electrons. The maximum atomic E-state index is 12.0. The minimum atomic E-state index is -0.422. The van der Waals surface area contributed by atoms with Gasteiger partial charge >= 0.3 is 0 Å². The molecular weight excluding hydrogens is 242 g/mol. The third-order valence-electron chi connectivity index (χ3n) is 3.87. The van der Waals surface area contributed by atoms with Crippen LogP contribution in [0.15, 0.2) is 0 Å². The average molecular weight is 269 g/mol. The van der Waals surface area contributed by atoms with Crippen molar-refractivity contribution in [2.45, 2.75) is 71.9 Å². The number of aliphatic hydroxyl groups excluding tert-OH is 1. The van der Waals surface area contributed by atoms with Gasteiger partial charge in [-0.05, 0) is 43.9 Å². The first-order chi connectivity index (χ1) is 8.70. The lowest BCUT2D eigenvalue weighted by molar-refractivity contribution is -0.130. The quantitative estimate of drug-likeness (QED) is 0.821. The third kappa shape index (κ3) is 5.31. The van der Waals surface area contributed by atoms with Crippen LogP contribution in [0, 0.1) is 11.3 Å². The Kier molecular flexibility index (Phi) is 5.53. The van der Waals surface area contributed by atoms with Crippen LogP contribution >= 0.6 is 0 Å². The van der Waals surface area contributed by atoms with Crippen LogP contribution in [-0.2, 0) is 9.59 Å². The van der Waals surface area contributed by atoms with Gasteiger partial charge in [0.1, 0.15) is 0 Å². The number of hydrogen-bond acceptors (Lipinski definition) is 3. The fraction of sp³-hybridized carbons (Fsp3) is 0.867. The normalized spacial score (nSPS) is 25.7. The lowest BCUT2D eigenvalue weighted by atomic mass is 9.83. The molecule has 0 aliphatic heterocycles. The molecule has 0 heterocycles. The van der Waals surface area contributed by atoms with E-state index < -0.39 is 6.04 Å². The van der Waals surface area contributed by atoms with Gasteiger partial charge in [-0.3, -0.25) is 9.59 Å². The maximum absolute atomic E-state index is 12.0. The second-order valence-electron chi connectivity index (χ2n) is 6.86. The zero-order chi connectivity index (χ0) is 14.6. The number of ketones is 1. The molecule has 110 valence electrons. The molecule has 1 amide bonds. The van der Waals surface area contributed by atoms with Gasteiger partial charge in [0.05, 0.1) is 12.1 Å². The standard InChI is InChI=1S/C15H27NO3/c1-10(17)14(15(2,3)4)16-13(19)9-11-5-7-12(18)8-6-11/h11-12,14,18H,5-9H2,1-4H3,(H,16,19)/t11?,12?,14-/m1/s1. The summed E-state index contributed by atoms with van der Waals surface area (Å²) in [5.74, 6) is 0.299. The average Bonchev–Trinajstić information content (AvgIpc) is 2.27. The zero-order valence-corrected chi connectivity index (χ0v) is 12.5. The second kappa shape index (κ2) is 6.51. The molecule has 0 aromatic carbocycles. The molecule has 0 spiro atoms. The van der Waals surface area contributed by atoms with Crippen molar-refractivity contribution in [2.75, 3.05) is 0 Å². The number of nitrogens with one attached hydrogen (secondary N) is 1. The first-order valence-corrected chi connectivity index (χ1v) is 7.18. The first kappa shape index (κ1) is 16.2. The third-order valence-corrected chi connectivity index (χ3v) is 3.87. The molecule has 1 atom stereocenters. The number of aliphatic hydroxyl groups is 1. The molecule has 19 heavy (non-hydrogen) atoms. The Balaban J connectivity index is 2.47. The highest BCUT2D eigenvalue weighted by molar-refractivity contribution is 5.88. The van der Waals surface area contributed by atoms with E-state index in [1.54, 1.807) is 0 Å². The molecule has 0 aromatic heterocycles. The summed E-state index contributed by atoms with van der Waals surface area (Å²) < 4.78 is 0. The van der Waals surface area contributed by atoms with Crippen LogP contribution in [0.5, 0.6) is 0 Å². The van der Waals surface area contributed by atoms with Gasteiger partial charge < -0.3 is 10.4 Å². The summed E-state index contributed by atoms with van der Waals surface area (Å²) in [6, 6.07) is -0.422. The van der Waals surface area contributed by atoms with E-state index in [0.29, 0.717) is 12.3 Å². The highest BCUT2D eigenvalue weighted by Crippen LogP contribution is 2.27. The molecule has 2 N–H and O–H groups in total. The van der Waals surface area contributed by atoms with Crippen molar-refractivity contribution in [1.82, 2.24) is 5.32 Å². The van der Waals surface area contributed by atoms with Gasteiger partial charge in [0.15, 0.2) is 5.78 Å². The minimum Gasteiger partial charge on any atom is -0.393 e. The Morgan fingerprint density at radius 3 is 2.16 bits per heavy atom. The van der Waals surface area contributed by atoms with E-state index in [0.717, 1.165) is 25.7 Å².